The number of hydrogen-bond donors (Lipinski definition) is 1. The van der Waals surface area contributed by atoms with Crippen molar-refractivity contribution in [2.45, 2.75) is 26.0 Å². The van der Waals surface area contributed by atoms with Crippen LogP contribution in [-0.2, 0) is 18.3 Å². The van der Waals surface area contributed by atoms with Crippen LogP contribution in [0.5, 0.6) is 0 Å². The van der Waals surface area contributed by atoms with Crippen LogP contribution in [0.3, 0.4) is 0 Å². The SMILES string of the molecule is CCOP(=O)(O)OC(COC)C(C)N=O. The van der Waals surface area contributed by atoms with Gasteiger partial charge < -0.3 is 9.63 Å². The lowest BCUT2D eigenvalue weighted by Crippen LogP contribution is -2.28. The number of methoxy groups -OCH3 is 1. The fraction of sp³-hybridized carbons (Fsp3) is 1.00. The molecule has 0 bridgehead atoms. The number of hydrogen-bond acceptors (Lipinski definition) is 6. The summed E-state index contributed by atoms with van der Waals surface area (Å²) in [6.07, 6.45) is -0.894. The third-order valence-electron chi connectivity index (χ3n) is 1.60. The van der Waals surface area contributed by atoms with Crippen molar-refractivity contribution < 1.29 is 23.2 Å². The van der Waals surface area contributed by atoms with Crippen molar-refractivity contribution in [1.29, 1.82) is 0 Å². The molecule has 3 unspecified atom stereocenters. The molecule has 0 aliphatic carbocycles. The summed E-state index contributed by atoms with van der Waals surface area (Å²) < 4.78 is 25.2. The Balaban J connectivity index is 4.38. The van der Waals surface area contributed by atoms with Crippen LogP contribution < -0.4 is 0 Å². The van der Waals surface area contributed by atoms with Crippen LogP contribution in [0.15, 0.2) is 5.18 Å². The molecule has 7 nitrogen and oxygen atoms in total. The van der Waals surface area contributed by atoms with Gasteiger partial charge in [-0.1, -0.05) is 5.18 Å². The van der Waals surface area contributed by atoms with Gasteiger partial charge in [0.25, 0.3) is 0 Å². The number of nitrogens with zero attached hydrogens (tertiary/aromatic N) is 1. The molecule has 0 aliphatic heterocycles. The Hall–Kier alpha value is -0.330. The molecule has 0 aromatic heterocycles. The van der Waals surface area contributed by atoms with E-state index < -0.39 is 20.0 Å². The number of rotatable bonds is 8. The summed E-state index contributed by atoms with van der Waals surface area (Å²) in [6.45, 7) is 3.04. The molecular weight excluding hydrogens is 225 g/mol. The maximum absolute atomic E-state index is 11.2. The number of ether oxygens (including phenoxy) is 1. The smallest absolute Gasteiger partial charge is 0.382 e. The number of nitroso groups, excluding NO2 is 1. The Morgan fingerprint density at radius 1 is 1.53 bits per heavy atom. The van der Waals surface area contributed by atoms with Gasteiger partial charge in [0, 0.05) is 7.11 Å². The zero-order valence-corrected chi connectivity index (χ0v) is 9.85. The van der Waals surface area contributed by atoms with Crippen LogP contribution in [0, 0.1) is 4.91 Å². The predicted molar refractivity (Wildman–Crippen MR) is 53.5 cm³/mol. The van der Waals surface area contributed by atoms with E-state index in [2.05, 4.69) is 9.70 Å². The van der Waals surface area contributed by atoms with Crippen LogP contribution in [0.2, 0.25) is 0 Å². The minimum Gasteiger partial charge on any atom is -0.382 e. The van der Waals surface area contributed by atoms with Crippen LogP contribution in [0.4, 0.5) is 0 Å². The highest BCUT2D eigenvalue weighted by Crippen LogP contribution is 2.44. The lowest BCUT2D eigenvalue weighted by Gasteiger charge is -2.20. The number of phosphoric acid groups is 1. The first-order chi connectivity index (χ1) is 6.96. The molecule has 1 N–H and O–H groups in total. The quantitative estimate of drug-likeness (QED) is 0.508. The van der Waals surface area contributed by atoms with E-state index in [0.29, 0.717) is 0 Å². The average Bonchev–Trinajstić information content (AvgIpc) is 2.15. The third-order valence-corrected chi connectivity index (χ3v) is 2.72. The number of phosphoric ester groups is 1. The van der Waals surface area contributed by atoms with Crippen molar-refractivity contribution in [3.05, 3.63) is 4.91 Å². The Morgan fingerprint density at radius 3 is 2.53 bits per heavy atom. The second kappa shape index (κ2) is 7.03. The van der Waals surface area contributed by atoms with E-state index in [-0.39, 0.29) is 13.2 Å². The highest BCUT2D eigenvalue weighted by Gasteiger charge is 2.30. The molecule has 0 radical (unpaired) electrons. The molecule has 15 heavy (non-hydrogen) atoms. The van der Waals surface area contributed by atoms with E-state index in [4.69, 9.17) is 14.2 Å². The Labute approximate surface area is 88.3 Å². The highest BCUT2D eigenvalue weighted by atomic mass is 31.2. The molecule has 0 rings (SSSR count). The van der Waals surface area contributed by atoms with Crippen LogP contribution in [-0.4, -0.2) is 37.4 Å². The molecule has 90 valence electrons. The summed E-state index contributed by atoms with van der Waals surface area (Å²) in [6, 6.07) is -0.786. The lowest BCUT2D eigenvalue weighted by atomic mass is 10.2. The molecule has 0 amide bonds. The first kappa shape index (κ1) is 14.7. The van der Waals surface area contributed by atoms with Gasteiger partial charge in [-0.3, -0.25) is 9.05 Å². The molecule has 3 atom stereocenters. The van der Waals surface area contributed by atoms with Gasteiger partial charge in [0.15, 0.2) is 0 Å². The first-order valence-electron chi connectivity index (χ1n) is 4.44. The largest absolute Gasteiger partial charge is 0.472 e. The summed E-state index contributed by atoms with van der Waals surface area (Å²) >= 11 is 0. The Morgan fingerprint density at radius 2 is 2.13 bits per heavy atom. The second-order valence-corrected chi connectivity index (χ2v) is 4.24. The molecule has 0 heterocycles. The van der Waals surface area contributed by atoms with E-state index in [9.17, 15) is 9.47 Å². The molecule has 0 saturated carbocycles. The normalized spacial score (nSPS) is 19.2. The summed E-state index contributed by atoms with van der Waals surface area (Å²) in [7, 11) is -2.74. The molecular formula is C7H16NO6P. The molecule has 0 aromatic rings. The van der Waals surface area contributed by atoms with E-state index >= 15 is 0 Å². The fourth-order valence-corrected chi connectivity index (χ4v) is 1.82. The van der Waals surface area contributed by atoms with Crippen molar-refractivity contribution in [3.8, 4) is 0 Å². The summed E-state index contributed by atoms with van der Waals surface area (Å²) in [5.74, 6) is 0. The van der Waals surface area contributed by atoms with Gasteiger partial charge >= 0.3 is 7.82 Å². The average molecular weight is 241 g/mol. The minimum atomic E-state index is -4.12. The van der Waals surface area contributed by atoms with Gasteiger partial charge in [0.1, 0.15) is 12.1 Å². The predicted octanol–water partition coefficient (Wildman–Crippen LogP) is 1.31. The van der Waals surface area contributed by atoms with Crippen LogP contribution >= 0.6 is 7.82 Å². The van der Waals surface area contributed by atoms with E-state index in [1.165, 1.54) is 14.0 Å². The van der Waals surface area contributed by atoms with E-state index in [1.54, 1.807) is 6.92 Å². The van der Waals surface area contributed by atoms with Gasteiger partial charge in [-0.25, -0.2) is 4.57 Å². The molecule has 0 fully saturated rings. The maximum Gasteiger partial charge on any atom is 0.472 e. The van der Waals surface area contributed by atoms with Crippen LogP contribution in [0.1, 0.15) is 13.8 Å². The molecule has 0 aromatic carbocycles. The van der Waals surface area contributed by atoms with Gasteiger partial charge in [-0.15, -0.1) is 0 Å². The topological polar surface area (TPSA) is 94.4 Å². The summed E-state index contributed by atoms with van der Waals surface area (Å²) in [4.78, 5) is 19.4. The summed E-state index contributed by atoms with van der Waals surface area (Å²) in [5.41, 5.74) is 0. The fourth-order valence-electron chi connectivity index (χ4n) is 0.855. The van der Waals surface area contributed by atoms with Crippen LogP contribution in [0.25, 0.3) is 0 Å². The second-order valence-electron chi connectivity index (χ2n) is 2.83. The van der Waals surface area contributed by atoms with Crippen molar-refractivity contribution >= 4 is 7.82 Å². The van der Waals surface area contributed by atoms with Crippen molar-refractivity contribution in [1.82, 2.24) is 0 Å². The first-order valence-corrected chi connectivity index (χ1v) is 5.93. The zero-order valence-electron chi connectivity index (χ0n) is 8.95. The van der Waals surface area contributed by atoms with Crippen molar-refractivity contribution in [2.75, 3.05) is 20.3 Å². The molecule has 8 heteroatoms. The van der Waals surface area contributed by atoms with Gasteiger partial charge in [0.2, 0.25) is 0 Å². The monoisotopic (exact) mass is 241 g/mol. The summed E-state index contributed by atoms with van der Waals surface area (Å²) in [5, 5.41) is 2.71. The van der Waals surface area contributed by atoms with Crippen molar-refractivity contribution in [3.63, 3.8) is 0 Å². The minimum absolute atomic E-state index is 0.00939. The maximum atomic E-state index is 11.2. The molecule has 0 saturated heterocycles. The third kappa shape index (κ3) is 5.96. The molecule has 0 aliphatic rings. The van der Waals surface area contributed by atoms with E-state index in [1.807, 2.05) is 0 Å². The standard InChI is InChI=1S/C7H16NO6P/c1-4-13-15(10,11)14-7(5-12-3)6(2)8-9/h6-7H,4-5H2,1-3H3,(H,10,11). The Bertz CT molecular complexity index is 236. The van der Waals surface area contributed by atoms with Crippen molar-refractivity contribution in [2.24, 2.45) is 5.18 Å². The Kier molecular flexibility index (Phi) is 6.87. The zero-order chi connectivity index (χ0) is 11.9. The highest BCUT2D eigenvalue weighted by molar-refractivity contribution is 7.47. The lowest BCUT2D eigenvalue weighted by molar-refractivity contribution is 0.0369. The van der Waals surface area contributed by atoms with Gasteiger partial charge in [0.05, 0.1) is 13.2 Å². The van der Waals surface area contributed by atoms with Gasteiger partial charge in [-0.05, 0) is 13.8 Å². The molecule has 0 spiro atoms. The van der Waals surface area contributed by atoms with Gasteiger partial charge in [-0.2, -0.15) is 4.91 Å². The van der Waals surface area contributed by atoms with E-state index in [0.717, 1.165) is 0 Å².